The fourth-order valence-corrected chi connectivity index (χ4v) is 1.61. The first-order valence-electron chi connectivity index (χ1n) is 5.16. The maximum Gasteiger partial charge on any atom is 0.141 e. The molecule has 1 atom stereocenters. The Bertz CT molecular complexity index is 381. The number of ketones is 1. The highest BCUT2D eigenvalue weighted by atomic mass is 35.5. The molecule has 1 aromatic carbocycles. The van der Waals surface area contributed by atoms with Crippen molar-refractivity contribution >= 4 is 17.4 Å². The Balaban J connectivity index is 2.69. The first kappa shape index (κ1) is 13.1. The van der Waals surface area contributed by atoms with Crippen molar-refractivity contribution in [3.63, 3.8) is 0 Å². The van der Waals surface area contributed by atoms with Crippen molar-refractivity contribution in [3.05, 3.63) is 34.6 Å². The highest BCUT2D eigenvalue weighted by molar-refractivity contribution is 6.30. The minimum Gasteiger partial charge on any atom is -0.319 e. The van der Waals surface area contributed by atoms with Crippen LogP contribution in [-0.4, -0.2) is 19.4 Å². The second-order valence-electron chi connectivity index (χ2n) is 3.84. The van der Waals surface area contributed by atoms with Crippen molar-refractivity contribution < 1.29 is 9.18 Å². The summed E-state index contributed by atoms with van der Waals surface area (Å²) in [5.41, 5.74) is 0.400. The first-order valence-corrected chi connectivity index (χ1v) is 5.53. The van der Waals surface area contributed by atoms with Crippen LogP contribution in [0.3, 0.4) is 0 Å². The first-order chi connectivity index (χ1) is 7.54. The van der Waals surface area contributed by atoms with E-state index in [1.54, 1.807) is 19.2 Å². The number of rotatable bonds is 5. The van der Waals surface area contributed by atoms with Crippen LogP contribution >= 0.6 is 11.6 Å². The van der Waals surface area contributed by atoms with E-state index in [2.05, 4.69) is 5.32 Å². The Kier molecular flexibility index (Phi) is 4.90. The summed E-state index contributed by atoms with van der Waals surface area (Å²) in [5, 5.41) is 3.27. The lowest BCUT2D eigenvalue weighted by Gasteiger charge is -2.10. The smallest absolute Gasteiger partial charge is 0.141 e. The van der Waals surface area contributed by atoms with Gasteiger partial charge >= 0.3 is 0 Å². The molecule has 2 nitrogen and oxygen atoms in total. The molecule has 1 aromatic rings. The molecule has 0 aromatic heterocycles. The van der Waals surface area contributed by atoms with Crippen LogP contribution in [0.4, 0.5) is 4.39 Å². The number of benzene rings is 1. The number of carbonyl (C=O) groups is 1. The Morgan fingerprint density at radius 3 is 2.81 bits per heavy atom. The van der Waals surface area contributed by atoms with Gasteiger partial charge in [0, 0.05) is 23.9 Å². The Morgan fingerprint density at radius 2 is 2.25 bits per heavy atom. The van der Waals surface area contributed by atoms with Crippen LogP contribution < -0.4 is 5.32 Å². The van der Waals surface area contributed by atoms with Gasteiger partial charge in [-0.05, 0) is 24.7 Å². The van der Waals surface area contributed by atoms with Gasteiger partial charge < -0.3 is 5.32 Å². The minimum absolute atomic E-state index is 0.0237. The van der Waals surface area contributed by atoms with Crippen molar-refractivity contribution in [2.45, 2.75) is 13.3 Å². The van der Waals surface area contributed by atoms with E-state index in [9.17, 15) is 9.18 Å². The molecule has 1 unspecified atom stereocenters. The molecular formula is C12H15ClFNO. The summed E-state index contributed by atoms with van der Waals surface area (Å²) in [6.45, 7) is 2.43. The largest absolute Gasteiger partial charge is 0.319 e. The topological polar surface area (TPSA) is 29.1 Å². The zero-order chi connectivity index (χ0) is 12.1. The summed E-state index contributed by atoms with van der Waals surface area (Å²) in [6, 6.07) is 4.38. The highest BCUT2D eigenvalue weighted by Gasteiger charge is 2.14. The van der Waals surface area contributed by atoms with Gasteiger partial charge in [-0.3, -0.25) is 4.79 Å². The van der Waals surface area contributed by atoms with Crippen molar-refractivity contribution in [1.29, 1.82) is 0 Å². The average Bonchev–Trinajstić information content (AvgIpc) is 2.22. The molecule has 0 heterocycles. The molecule has 0 saturated heterocycles. The zero-order valence-electron chi connectivity index (χ0n) is 9.39. The number of carbonyl (C=O) groups excluding carboxylic acids is 1. The van der Waals surface area contributed by atoms with Gasteiger partial charge in [0.15, 0.2) is 0 Å². The highest BCUT2D eigenvalue weighted by Crippen LogP contribution is 2.16. The van der Waals surface area contributed by atoms with Crippen molar-refractivity contribution in [1.82, 2.24) is 5.32 Å². The molecule has 1 rings (SSSR count). The molecule has 0 radical (unpaired) electrons. The number of nitrogens with one attached hydrogen (secondary N) is 1. The molecule has 1 N–H and O–H groups in total. The summed E-state index contributed by atoms with van der Waals surface area (Å²) in [7, 11) is 1.78. The molecule has 0 aliphatic carbocycles. The molecule has 0 saturated carbocycles. The van der Waals surface area contributed by atoms with E-state index in [1.807, 2.05) is 6.92 Å². The second kappa shape index (κ2) is 5.97. The lowest BCUT2D eigenvalue weighted by Crippen LogP contribution is -2.25. The normalized spacial score (nSPS) is 12.5. The van der Waals surface area contributed by atoms with E-state index in [-0.39, 0.29) is 18.1 Å². The fourth-order valence-electron chi connectivity index (χ4n) is 1.45. The van der Waals surface area contributed by atoms with E-state index < -0.39 is 5.82 Å². The molecule has 16 heavy (non-hydrogen) atoms. The molecule has 0 spiro atoms. The molecular weight excluding hydrogens is 229 g/mol. The Morgan fingerprint density at radius 1 is 1.56 bits per heavy atom. The van der Waals surface area contributed by atoms with Crippen LogP contribution in [0.25, 0.3) is 0 Å². The predicted octanol–water partition coefficient (Wildman–Crippen LogP) is 2.45. The third-order valence-corrected chi connectivity index (χ3v) is 2.67. The van der Waals surface area contributed by atoms with Crippen LogP contribution in [0.2, 0.25) is 5.02 Å². The van der Waals surface area contributed by atoms with Crippen LogP contribution in [-0.2, 0) is 11.2 Å². The van der Waals surface area contributed by atoms with E-state index in [0.29, 0.717) is 17.1 Å². The van der Waals surface area contributed by atoms with Crippen LogP contribution in [0.5, 0.6) is 0 Å². The quantitative estimate of drug-likeness (QED) is 0.861. The molecule has 0 amide bonds. The molecule has 0 aliphatic rings. The van der Waals surface area contributed by atoms with E-state index >= 15 is 0 Å². The van der Waals surface area contributed by atoms with Gasteiger partial charge in [-0.15, -0.1) is 0 Å². The third kappa shape index (κ3) is 3.58. The van der Waals surface area contributed by atoms with Crippen molar-refractivity contribution in [2.75, 3.05) is 13.6 Å². The minimum atomic E-state index is -0.419. The standard InChI is InChI=1S/C12H15ClFNO/c1-8(7-15-2)12(16)5-9-3-4-10(13)6-11(9)14/h3-4,6,8,15H,5,7H2,1-2H3. The third-order valence-electron chi connectivity index (χ3n) is 2.44. The summed E-state index contributed by atoms with van der Waals surface area (Å²) in [6.07, 6.45) is 0.117. The Hall–Kier alpha value is -0.930. The monoisotopic (exact) mass is 243 g/mol. The lowest BCUT2D eigenvalue weighted by atomic mass is 9.99. The summed E-state index contributed by atoms with van der Waals surface area (Å²) in [4.78, 5) is 11.7. The van der Waals surface area contributed by atoms with E-state index in [4.69, 9.17) is 11.6 Å². The number of hydrogen-bond donors (Lipinski definition) is 1. The second-order valence-corrected chi connectivity index (χ2v) is 4.27. The van der Waals surface area contributed by atoms with E-state index in [1.165, 1.54) is 6.07 Å². The molecule has 88 valence electrons. The van der Waals surface area contributed by atoms with Crippen LogP contribution in [0.1, 0.15) is 12.5 Å². The zero-order valence-corrected chi connectivity index (χ0v) is 10.1. The van der Waals surface area contributed by atoms with Gasteiger partial charge in [0.25, 0.3) is 0 Å². The van der Waals surface area contributed by atoms with Gasteiger partial charge in [0.2, 0.25) is 0 Å². The van der Waals surface area contributed by atoms with Crippen molar-refractivity contribution in [2.24, 2.45) is 5.92 Å². The lowest BCUT2D eigenvalue weighted by molar-refractivity contribution is -0.121. The SMILES string of the molecule is CNCC(C)C(=O)Cc1ccc(Cl)cc1F. The summed E-state index contributed by atoms with van der Waals surface area (Å²) >= 11 is 5.63. The van der Waals surface area contributed by atoms with Gasteiger partial charge in [0.05, 0.1) is 0 Å². The molecule has 0 bridgehead atoms. The molecule has 0 aliphatic heterocycles. The fraction of sp³-hybridized carbons (Fsp3) is 0.417. The Labute approximate surface area is 99.8 Å². The van der Waals surface area contributed by atoms with Gasteiger partial charge in [-0.1, -0.05) is 24.6 Å². The van der Waals surface area contributed by atoms with Gasteiger partial charge in [-0.2, -0.15) is 0 Å². The maximum absolute atomic E-state index is 13.4. The van der Waals surface area contributed by atoms with Gasteiger partial charge in [0.1, 0.15) is 11.6 Å². The number of halogens is 2. The van der Waals surface area contributed by atoms with Gasteiger partial charge in [-0.25, -0.2) is 4.39 Å². The molecule has 0 fully saturated rings. The number of Topliss-reactive ketones (excluding diaryl/α,β-unsaturated/α-hetero) is 1. The van der Waals surface area contributed by atoms with Crippen LogP contribution in [0, 0.1) is 11.7 Å². The van der Waals surface area contributed by atoms with Crippen molar-refractivity contribution in [3.8, 4) is 0 Å². The summed E-state index contributed by atoms with van der Waals surface area (Å²) < 4.78 is 13.4. The van der Waals surface area contributed by atoms with E-state index in [0.717, 1.165) is 0 Å². The predicted molar refractivity (Wildman–Crippen MR) is 63.2 cm³/mol. The molecule has 4 heteroatoms. The maximum atomic E-state index is 13.4. The van der Waals surface area contributed by atoms with Crippen LogP contribution in [0.15, 0.2) is 18.2 Å². The average molecular weight is 244 g/mol. The number of hydrogen-bond acceptors (Lipinski definition) is 2. The summed E-state index contributed by atoms with van der Waals surface area (Å²) in [5.74, 6) is -0.506.